The maximum absolute atomic E-state index is 3.41. The molecule has 18 heavy (non-hydrogen) atoms. The van der Waals surface area contributed by atoms with E-state index in [1.165, 1.54) is 25.9 Å². The van der Waals surface area contributed by atoms with Crippen LogP contribution in [-0.2, 0) is 0 Å². The first kappa shape index (κ1) is 17.9. The molecule has 0 aliphatic rings. The molecule has 2 nitrogen and oxygen atoms in total. The van der Waals surface area contributed by atoms with E-state index >= 15 is 0 Å². The number of rotatable bonds is 9. The first-order chi connectivity index (χ1) is 8.28. The fourth-order valence-corrected chi connectivity index (χ4v) is 2.67. The molecule has 2 heteroatoms. The molecule has 0 aromatic rings. The molecule has 0 rings (SSSR count). The number of hydrogen-bond acceptors (Lipinski definition) is 2. The van der Waals surface area contributed by atoms with E-state index in [0.29, 0.717) is 11.5 Å². The molecule has 0 heterocycles. The lowest BCUT2D eigenvalue weighted by Gasteiger charge is -2.41. The van der Waals surface area contributed by atoms with Gasteiger partial charge in [-0.15, -0.1) is 0 Å². The van der Waals surface area contributed by atoms with E-state index in [0.717, 1.165) is 12.0 Å². The van der Waals surface area contributed by atoms with Crippen molar-refractivity contribution in [3.8, 4) is 0 Å². The van der Waals surface area contributed by atoms with E-state index in [2.05, 4.69) is 65.7 Å². The summed E-state index contributed by atoms with van der Waals surface area (Å²) in [5, 5.41) is 3.41. The molecule has 0 aromatic carbocycles. The highest BCUT2D eigenvalue weighted by molar-refractivity contribution is 4.85. The van der Waals surface area contributed by atoms with Gasteiger partial charge in [0.1, 0.15) is 0 Å². The Morgan fingerprint density at radius 2 is 1.56 bits per heavy atom. The molecule has 0 aliphatic heterocycles. The topological polar surface area (TPSA) is 15.3 Å². The van der Waals surface area contributed by atoms with Gasteiger partial charge in [-0.05, 0) is 38.1 Å². The lowest BCUT2D eigenvalue weighted by Crippen LogP contribution is -2.49. The van der Waals surface area contributed by atoms with Gasteiger partial charge < -0.3 is 5.32 Å². The largest absolute Gasteiger partial charge is 0.317 e. The van der Waals surface area contributed by atoms with Gasteiger partial charge in [-0.25, -0.2) is 0 Å². The average Bonchev–Trinajstić information content (AvgIpc) is 2.28. The van der Waals surface area contributed by atoms with Gasteiger partial charge in [0.25, 0.3) is 0 Å². The molecular weight excluding hydrogens is 220 g/mol. The van der Waals surface area contributed by atoms with Crippen molar-refractivity contribution in [2.24, 2.45) is 11.3 Å². The van der Waals surface area contributed by atoms with Crippen molar-refractivity contribution < 1.29 is 0 Å². The molecule has 0 aliphatic carbocycles. The van der Waals surface area contributed by atoms with Crippen LogP contribution in [0.25, 0.3) is 0 Å². The number of hydrogen-bond donors (Lipinski definition) is 1. The second kappa shape index (κ2) is 8.16. The Morgan fingerprint density at radius 1 is 1.06 bits per heavy atom. The molecule has 1 N–H and O–H groups in total. The molecule has 0 saturated heterocycles. The van der Waals surface area contributed by atoms with Crippen LogP contribution in [0.5, 0.6) is 0 Å². The third-order valence-corrected chi connectivity index (χ3v) is 4.27. The van der Waals surface area contributed by atoms with Gasteiger partial charge in [-0.1, -0.05) is 41.5 Å². The highest BCUT2D eigenvalue weighted by Crippen LogP contribution is 2.25. The number of nitrogens with one attached hydrogen (secondary N) is 1. The monoisotopic (exact) mass is 256 g/mol. The standard InChI is InChI=1S/C16H36N2/c1-9-15(10-2)18(11-13(3)4)12-16(6,7)14(5)17-8/h13-15,17H,9-12H2,1-8H3. The van der Waals surface area contributed by atoms with Crippen LogP contribution >= 0.6 is 0 Å². The summed E-state index contributed by atoms with van der Waals surface area (Å²) < 4.78 is 0. The first-order valence-electron chi connectivity index (χ1n) is 7.69. The third-order valence-electron chi connectivity index (χ3n) is 4.27. The van der Waals surface area contributed by atoms with Gasteiger partial charge in [0.2, 0.25) is 0 Å². The van der Waals surface area contributed by atoms with Crippen LogP contribution in [0, 0.1) is 11.3 Å². The molecule has 0 fully saturated rings. The third kappa shape index (κ3) is 5.71. The first-order valence-corrected chi connectivity index (χ1v) is 7.69. The summed E-state index contributed by atoms with van der Waals surface area (Å²) in [6.07, 6.45) is 2.51. The fourth-order valence-electron chi connectivity index (χ4n) is 2.67. The lowest BCUT2D eigenvalue weighted by molar-refractivity contribution is 0.0907. The second-order valence-corrected chi connectivity index (χ2v) is 6.79. The normalized spacial score (nSPS) is 14.8. The molecule has 0 aromatic heterocycles. The van der Waals surface area contributed by atoms with Crippen molar-refractivity contribution in [2.75, 3.05) is 20.1 Å². The van der Waals surface area contributed by atoms with Crippen molar-refractivity contribution >= 4 is 0 Å². The molecule has 0 spiro atoms. The van der Waals surface area contributed by atoms with Crippen LogP contribution < -0.4 is 5.32 Å². The van der Waals surface area contributed by atoms with Gasteiger partial charge >= 0.3 is 0 Å². The Hall–Kier alpha value is -0.0800. The van der Waals surface area contributed by atoms with Crippen LogP contribution in [0.1, 0.15) is 61.3 Å². The SMILES string of the molecule is CCC(CC)N(CC(C)C)CC(C)(C)C(C)NC. The molecule has 1 unspecified atom stereocenters. The van der Waals surface area contributed by atoms with Crippen molar-refractivity contribution in [1.82, 2.24) is 10.2 Å². The van der Waals surface area contributed by atoms with Crippen LogP contribution in [0.3, 0.4) is 0 Å². The average molecular weight is 256 g/mol. The zero-order chi connectivity index (χ0) is 14.3. The summed E-state index contributed by atoms with van der Waals surface area (Å²) in [6.45, 7) is 18.7. The molecule has 0 amide bonds. The van der Waals surface area contributed by atoms with Gasteiger partial charge in [0.05, 0.1) is 0 Å². The lowest BCUT2D eigenvalue weighted by atomic mass is 9.84. The summed E-state index contributed by atoms with van der Waals surface area (Å²) in [5.74, 6) is 0.742. The van der Waals surface area contributed by atoms with Gasteiger partial charge in [0, 0.05) is 25.2 Å². The van der Waals surface area contributed by atoms with Crippen molar-refractivity contribution in [2.45, 2.75) is 73.4 Å². The Bertz CT molecular complexity index is 207. The summed E-state index contributed by atoms with van der Waals surface area (Å²) >= 11 is 0. The summed E-state index contributed by atoms with van der Waals surface area (Å²) in [4.78, 5) is 2.71. The van der Waals surface area contributed by atoms with Gasteiger partial charge in [-0.2, -0.15) is 0 Å². The number of nitrogens with zero attached hydrogens (tertiary/aromatic N) is 1. The summed E-state index contributed by atoms with van der Waals surface area (Å²) in [7, 11) is 2.07. The molecule has 0 radical (unpaired) electrons. The van der Waals surface area contributed by atoms with Crippen LogP contribution in [-0.4, -0.2) is 37.1 Å². The zero-order valence-electron chi connectivity index (χ0n) is 14.0. The quantitative estimate of drug-likeness (QED) is 0.675. The smallest absolute Gasteiger partial charge is 0.00991 e. The van der Waals surface area contributed by atoms with Crippen LogP contribution in [0.15, 0.2) is 0 Å². The van der Waals surface area contributed by atoms with E-state index in [1.54, 1.807) is 0 Å². The Morgan fingerprint density at radius 3 is 1.89 bits per heavy atom. The molecule has 0 bridgehead atoms. The Labute approximate surface area is 116 Å². The molecule has 110 valence electrons. The van der Waals surface area contributed by atoms with E-state index in [4.69, 9.17) is 0 Å². The minimum atomic E-state index is 0.312. The van der Waals surface area contributed by atoms with E-state index in [9.17, 15) is 0 Å². The summed E-state index contributed by atoms with van der Waals surface area (Å²) in [6, 6.07) is 1.28. The van der Waals surface area contributed by atoms with Crippen LogP contribution in [0.4, 0.5) is 0 Å². The zero-order valence-corrected chi connectivity index (χ0v) is 14.0. The van der Waals surface area contributed by atoms with E-state index < -0.39 is 0 Å². The van der Waals surface area contributed by atoms with Crippen molar-refractivity contribution in [1.29, 1.82) is 0 Å². The maximum atomic E-state index is 3.41. The minimum absolute atomic E-state index is 0.312. The minimum Gasteiger partial charge on any atom is -0.317 e. The maximum Gasteiger partial charge on any atom is 0.00991 e. The van der Waals surface area contributed by atoms with Crippen LogP contribution in [0.2, 0.25) is 0 Å². The van der Waals surface area contributed by atoms with Crippen molar-refractivity contribution in [3.63, 3.8) is 0 Å². The van der Waals surface area contributed by atoms with Gasteiger partial charge in [-0.3, -0.25) is 4.90 Å². The second-order valence-electron chi connectivity index (χ2n) is 6.79. The summed E-state index contributed by atoms with van der Waals surface area (Å²) in [5.41, 5.74) is 0.312. The predicted molar refractivity (Wildman–Crippen MR) is 83.1 cm³/mol. The van der Waals surface area contributed by atoms with E-state index in [-0.39, 0.29) is 0 Å². The highest BCUT2D eigenvalue weighted by atomic mass is 15.2. The van der Waals surface area contributed by atoms with Gasteiger partial charge in [0.15, 0.2) is 0 Å². The Balaban J connectivity index is 4.76. The molecular formula is C16H36N2. The predicted octanol–water partition coefficient (Wildman–Crippen LogP) is 3.77. The Kier molecular flexibility index (Phi) is 8.13. The van der Waals surface area contributed by atoms with E-state index in [1.807, 2.05) is 0 Å². The fraction of sp³-hybridized carbons (Fsp3) is 1.00. The highest BCUT2D eigenvalue weighted by Gasteiger charge is 2.29. The van der Waals surface area contributed by atoms with Crippen molar-refractivity contribution in [3.05, 3.63) is 0 Å². The molecule has 1 atom stereocenters. The molecule has 0 saturated carbocycles.